The molecular formula is C26H14BrF3N2O4. The number of amides is 2. The highest BCUT2D eigenvalue weighted by Gasteiger charge is 2.38. The second-order valence-corrected chi connectivity index (χ2v) is 9.11. The first-order chi connectivity index (χ1) is 17.0. The van der Waals surface area contributed by atoms with Crippen molar-refractivity contribution in [1.29, 1.82) is 0 Å². The lowest BCUT2D eigenvalue weighted by atomic mass is 9.92. The third-order valence-electron chi connectivity index (χ3n) is 6.13. The molecule has 0 fully saturated rings. The number of benzene rings is 4. The summed E-state index contributed by atoms with van der Waals surface area (Å²) in [5.41, 5.74) is -0.940. The van der Waals surface area contributed by atoms with E-state index in [4.69, 9.17) is 0 Å². The zero-order chi connectivity index (χ0) is 25.9. The Kier molecular flexibility index (Phi) is 5.44. The molecule has 0 unspecified atom stereocenters. The van der Waals surface area contributed by atoms with Gasteiger partial charge in [0.2, 0.25) is 0 Å². The molecule has 0 spiro atoms. The largest absolute Gasteiger partial charge is 0.417 e. The van der Waals surface area contributed by atoms with Gasteiger partial charge in [0.1, 0.15) is 0 Å². The lowest BCUT2D eigenvalue weighted by molar-refractivity contribution is -0.384. The van der Waals surface area contributed by atoms with Crippen molar-refractivity contribution < 1.29 is 27.7 Å². The van der Waals surface area contributed by atoms with Gasteiger partial charge in [-0.1, -0.05) is 34.1 Å². The van der Waals surface area contributed by atoms with Crippen LogP contribution < -0.4 is 4.90 Å². The maximum absolute atomic E-state index is 14.2. The summed E-state index contributed by atoms with van der Waals surface area (Å²) in [5, 5.41) is 12.1. The summed E-state index contributed by atoms with van der Waals surface area (Å²) in [6.45, 7) is 1.48. The fourth-order valence-corrected chi connectivity index (χ4v) is 4.96. The monoisotopic (exact) mass is 554 g/mol. The first-order valence-electron chi connectivity index (χ1n) is 10.6. The van der Waals surface area contributed by atoms with Crippen molar-refractivity contribution in [3.63, 3.8) is 0 Å². The van der Waals surface area contributed by atoms with Crippen molar-refractivity contribution in [2.45, 2.75) is 13.1 Å². The molecule has 6 nitrogen and oxygen atoms in total. The van der Waals surface area contributed by atoms with Crippen LogP contribution in [0.5, 0.6) is 0 Å². The van der Waals surface area contributed by atoms with E-state index in [0.717, 1.165) is 17.0 Å². The van der Waals surface area contributed by atoms with Crippen LogP contribution >= 0.6 is 15.9 Å². The Morgan fingerprint density at radius 2 is 1.50 bits per heavy atom. The fourth-order valence-electron chi connectivity index (χ4n) is 4.50. The molecule has 5 rings (SSSR count). The molecule has 180 valence electrons. The van der Waals surface area contributed by atoms with Gasteiger partial charge in [0.25, 0.3) is 17.5 Å². The van der Waals surface area contributed by atoms with E-state index in [9.17, 15) is 32.9 Å². The number of nitro benzene ring substituents is 1. The minimum absolute atomic E-state index is 0.149. The molecule has 0 saturated heterocycles. The predicted octanol–water partition coefficient (Wildman–Crippen LogP) is 7.31. The van der Waals surface area contributed by atoms with E-state index < -0.39 is 28.5 Å². The lowest BCUT2D eigenvalue weighted by Crippen LogP contribution is -2.40. The average Bonchev–Trinajstić information content (AvgIpc) is 2.83. The first-order valence-corrected chi connectivity index (χ1v) is 11.3. The van der Waals surface area contributed by atoms with Crippen LogP contribution in [0.15, 0.2) is 71.2 Å². The Hall–Kier alpha value is -4.05. The average molecular weight is 555 g/mol. The van der Waals surface area contributed by atoms with E-state index in [-0.39, 0.29) is 39.2 Å². The number of rotatable bonds is 3. The fraction of sp³-hybridized carbons (Fsp3) is 0.0769. The number of hydrogen-bond acceptors (Lipinski definition) is 4. The van der Waals surface area contributed by atoms with Gasteiger partial charge in [-0.3, -0.25) is 19.7 Å². The first kappa shape index (κ1) is 23.7. The molecule has 0 atom stereocenters. The highest BCUT2D eigenvalue weighted by Crippen LogP contribution is 2.42. The number of alkyl halides is 3. The molecule has 1 aliphatic heterocycles. The molecule has 2 amide bonds. The van der Waals surface area contributed by atoms with Gasteiger partial charge >= 0.3 is 6.18 Å². The van der Waals surface area contributed by atoms with Gasteiger partial charge in [0.05, 0.1) is 16.2 Å². The van der Waals surface area contributed by atoms with Crippen LogP contribution in [0.3, 0.4) is 0 Å². The second-order valence-electron chi connectivity index (χ2n) is 8.25. The number of carbonyl (C=O) groups excluding carboxylic acids is 2. The van der Waals surface area contributed by atoms with E-state index in [1.165, 1.54) is 43.3 Å². The number of aryl methyl sites for hydroxylation is 1. The summed E-state index contributed by atoms with van der Waals surface area (Å²) in [7, 11) is 0. The highest BCUT2D eigenvalue weighted by molar-refractivity contribution is 9.10. The number of nitrogens with zero attached hydrogens (tertiary/aromatic N) is 2. The van der Waals surface area contributed by atoms with Gasteiger partial charge in [0, 0.05) is 33.1 Å². The summed E-state index contributed by atoms with van der Waals surface area (Å²) >= 11 is 3.40. The zero-order valence-electron chi connectivity index (χ0n) is 18.4. The van der Waals surface area contributed by atoms with E-state index in [1.54, 1.807) is 18.2 Å². The Bertz CT molecular complexity index is 1610. The topological polar surface area (TPSA) is 80.5 Å². The summed E-state index contributed by atoms with van der Waals surface area (Å²) in [4.78, 5) is 37.8. The molecular weight excluding hydrogens is 541 g/mol. The number of nitro groups is 1. The number of imide groups is 1. The van der Waals surface area contributed by atoms with Crippen molar-refractivity contribution in [1.82, 2.24) is 0 Å². The number of hydrogen-bond donors (Lipinski definition) is 0. The summed E-state index contributed by atoms with van der Waals surface area (Å²) < 4.78 is 43.2. The zero-order valence-corrected chi connectivity index (χ0v) is 20.0. The molecule has 1 heterocycles. The van der Waals surface area contributed by atoms with Crippen molar-refractivity contribution in [3.8, 4) is 11.1 Å². The molecule has 0 saturated carbocycles. The quantitative estimate of drug-likeness (QED) is 0.151. The standard InChI is InChI=1S/C26H14BrF3N2O4/c1-13-11-15(32(35)36)6-7-16(13)17-8-5-14(12-21(17)26(28,29)30)31-24(33)19-4-2-3-18-22(27)10-9-20(23(18)19)25(31)34/h2-12H,1H3. The Morgan fingerprint density at radius 3 is 2.14 bits per heavy atom. The van der Waals surface area contributed by atoms with Gasteiger partial charge in [0.15, 0.2) is 0 Å². The van der Waals surface area contributed by atoms with Crippen LogP contribution in [-0.2, 0) is 6.18 Å². The Morgan fingerprint density at radius 1 is 0.861 bits per heavy atom. The maximum Gasteiger partial charge on any atom is 0.417 e. The normalized spacial score (nSPS) is 13.4. The van der Waals surface area contributed by atoms with Gasteiger partial charge in [-0.05, 0) is 65.4 Å². The van der Waals surface area contributed by atoms with Gasteiger partial charge in [-0.2, -0.15) is 13.2 Å². The van der Waals surface area contributed by atoms with E-state index in [1.807, 2.05) is 0 Å². The number of anilines is 1. The summed E-state index contributed by atoms with van der Waals surface area (Å²) in [5.74, 6) is -1.47. The van der Waals surface area contributed by atoms with Gasteiger partial charge < -0.3 is 0 Å². The van der Waals surface area contributed by atoms with Crippen molar-refractivity contribution in [3.05, 3.63) is 104 Å². The molecule has 36 heavy (non-hydrogen) atoms. The molecule has 0 bridgehead atoms. The SMILES string of the molecule is Cc1cc([N+](=O)[O-])ccc1-c1ccc(N2C(=O)c3cccc4c(Br)ccc(c34)C2=O)cc1C(F)(F)F. The molecule has 0 N–H and O–H groups in total. The highest BCUT2D eigenvalue weighted by atomic mass is 79.9. The van der Waals surface area contributed by atoms with Crippen LogP contribution in [0.1, 0.15) is 31.8 Å². The number of carbonyl (C=O) groups is 2. The molecule has 4 aromatic rings. The summed E-state index contributed by atoms with van der Waals surface area (Å²) in [6, 6.07) is 14.9. The Balaban J connectivity index is 1.67. The molecule has 0 radical (unpaired) electrons. The minimum atomic E-state index is -4.83. The van der Waals surface area contributed by atoms with Crippen LogP contribution in [0.4, 0.5) is 24.5 Å². The molecule has 0 aromatic heterocycles. The van der Waals surface area contributed by atoms with Crippen LogP contribution in [-0.4, -0.2) is 16.7 Å². The van der Waals surface area contributed by atoms with Crippen molar-refractivity contribution in [2.24, 2.45) is 0 Å². The minimum Gasteiger partial charge on any atom is -0.268 e. The summed E-state index contributed by atoms with van der Waals surface area (Å²) in [6.07, 6.45) is -4.83. The van der Waals surface area contributed by atoms with E-state index in [2.05, 4.69) is 15.9 Å². The molecule has 4 aromatic carbocycles. The predicted molar refractivity (Wildman–Crippen MR) is 131 cm³/mol. The van der Waals surface area contributed by atoms with Crippen molar-refractivity contribution >= 4 is 49.9 Å². The second kappa shape index (κ2) is 8.27. The smallest absolute Gasteiger partial charge is 0.268 e. The molecule has 1 aliphatic rings. The molecule has 0 aliphatic carbocycles. The molecule has 10 heteroatoms. The van der Waals surface area contributed by atoms with E-state index in [0.29, 0.717) is 15.2 Å². The van der Waals surface area contributed by atoms with E-state index >= 15 is 0 Å². The van der Waals surface area contributed by atoms with Crippen molar-refractivity contribution in [2.75, 3.05) is 4.90 Å². The van der Waals surface area contributed by atoms with Crippen LogP contribution in [0.2, 0.25) is 0 Å². The lowest BCUT2D eigenvalue weighted by Gasteiger charge is -2.28. The van der Waals surface area contributed by atoms with Gasteiger partial charge in [-0.25, -0.2) is 4.90 Å². The Labute approximate surface area is 210 Å². The number of non-ortho nitro benzene ring substituents is 1. The number of halogens is 4. The van der Waals surface area contributed by atoms with Gasteiger partial charge in [-0.15, -0.1) is 0 Å². The third-order valence-corrected chi connectivity index (χ3v) is 6.82. The van der Waals surface area contributed by atoms with Crippen LogP contribution in [0, 0.1) is 17.0 Å². The van der Waals surface area contributed by atoms with Crippen LogP contribution in [0.25, 0.3) is 21.9 Å². The maximum atomic E-state index is 14.2. The third kappa shape index (κ3) is 3.65.